The number of hydrogen-bond donors (Lipinski definition) is 10. The number of rotatable bonds is 10. The Balaban J connectivity index is -0.000000706. The van der Waals surface area contributed by atoms with Gasteiger partial charge < -0.3 is 51.1 Å². The van der Waals surface area contributed by atoms with E-state index in [0.717, 1.165) is 0 Å². The molecule has 63 heavy (non-hydrogen) atoms. The molecule has 0 unspecified atom stereocenters. The first-order chi connectivity index (χ1) is 28.0. The van der Waals surface area contributed by atoms with Crippen LogP contribution < -0.4 is 0 Å². The minimum absolute atomic E-state index is 0. The second-order valence-electron chi connectivity index (χ2n) is 10.9. The first-order valence-electron chi connectivity index (χ1n) is 15.9. The topological polar surface area (TPSA) is 373 Å². The Bertz CT molecular complexity index is 1810. The summed E-state index contributed by atoms with van der Waals surface area (Å²) in [5.74, 6) is -10.6. The van der Waals surface area contributed by atoms with Crippen LogP contribution in [0.5, 0.6) is 0 Å². The molecule has 0 bridgehead atoms. The molecule has 0 saturated heterocycles. The molecule has 5 aromatic carbocycles. The van der Waals surface area contributed by atoms with E-state index in [-0.39, 0.29) is 164 Å². The van der Waals surface area contributed by atoms with Crippen LogP contribution in [-0.4, -0.2) is 111 Å². The zero-order chi connectivity index (χ0) is 45.7. The van der Waals surface area contributed by atoms with Crippen molar-refractivity contribution in [2.75, 3.05) is 0 Å². The number of carbonyl (C=O) groups is 10. The molecule has 2 radical (unpaired) electrons. The minimum atomic E-state index is -1.06. The van der Waals surface area contributed by atoms with Crippen LogP contribution in [0.4, 0.5) is 0 Å². The van der Waals surface area contributed by atoms with Gasteiger partial charge >= 0.3 is 59.7 Å². The number of hydrogen-bond acceptors (Lipinski definition) is 10. The van der Waals surface area contributed by atoms with E-state index in [4.69, 9.17) is 51.1 Å². The third-order valence-electron chi connectivity index (χ3n) is 6.89. The molecule has 5 rings (SSSR count). The predicted octanol–water partition coefficient (Wildman–Crippen LogP) is 5.41. The molecule has 23 heteroatoms. The van der Waals surface area contributed by atoms with Gasteiger partial charge in [-0.15, -0.1) is 0 Å². The van der Waals surface area contributed by atoms with Gasteiger partial charge in [0.2, 0.25) is 0 Å². The van der Waals surface area contributed by atoms with Crippen LogP contribution in [0.25, 0.3) is 0 Å². The van der Waals surface area contributed by atoms with Gasteiger partial charge in [0, 0.05) is 108 Å². The first kappa shape index (κ1) is 61.7. The number of carboxylic acid groups (broad SMARTS) is 10. The van der Waals surface area contributed by atoms with Gasteiger partial charge in [0.1, 0.15) is 0 Å². The van der Waals surface area contributed by atoms with Gasteiger partial charge in [0.15, 0.2) is 0 Å². The summed E-state index contributed by atoms with van der Waals surface area (Å²) < 4.78 is 0. The average molecular weight is 1160 g/mol. The largest absolute Gasteiger partial charge is 0.478 e. The van der Waals surface area contributed by atoms with Crippen molar-refractivity contribution in [1.29, 1.82) is 0 Å². The first-order valence-corrected chi connectivity index (χ1v) is 15.9. The average Bonchev–Trinajstić information content (AvgIpc) is 3.21. The molecule has 0 atom stereocenters. The number of aromatic carboxylic acids is 10. The van der Waals surface area contributed by atoms with Gasteiger partial charge in [-0.05, 0) is 121 Å². The van der Waals surface area contributed by atoms with Crippen molar-refractivity contribution in [1.82, 2.24) is 0 Å². The normalized spacial score (nSPS) is 8.89. The zero-order valence-corrected chi connectivity index (χ0v) is 39.3. The summed E-state index contributed by atoms with van der Waals surface area (Å²) in [5, 5.41) is 84.7. The molecule has 0 amide bonds. The predicted molar refractivity (Wildman–Crippen MR) is 202 cm³/mol. The van der Waals surface area contributed by atoms with Gasteiger partial charge in [-0.2, -0.15) is 0 Å². The number of benzene rings is 5. The van der Waals surface area contributed by atoms with E-state index in [2.05, 4.69) is 0 Å². The smallest absolute Gasteiger partial charge is 0.335 e. The van der Waals surface area contributed by atoms with Crippen LogP contribution in [0.15, 0.2) is 121 Å². The number of carboxylic acids is 10. The summed E-state index contributed by atoms with van der Waals surface area (Å²) in [7, 11) is 0. The van der Waals surface area contributed by atoms with E-state index in [1.807, 2.05) is 0 Å². The standard InChI is InChI=1S/5C8H6O4.Eu.Y.Zr/c5*9-7(10)5-1-2-6(4-3-5)8(11)12;;;/h5*1-4H,(H,9,10)(H,11,12);;;. The van der Waals surface area contributed by atoms with Crippen LogP contribution in [0.1, 0.15) is 104 Å². The van der Waals surface area contributed by atoms with E-state index in [1.165, 1.54) is 121 Å². The molecular formula is C40H30EuO20YZr. The van der Waals surface area contributed by atoms with Crippen molar-refractivity contribution in [2.45, 2.75) is 0 Å². The zero-order valence-electron chi connectivity index (χ0n) is 31.6. The Hall–Kier alpha value is -5.63. The van der Waals surface area contributed by atoms with Crippen molar-refractivity contribution < 1.29 is 207 Å². The Morgan fingerprint density at radius 1 is 0.206 bits per heavy atom. The van der Waals surface area contributed by atoms with Crippen molar-refractivity contribution in [3.05, 3.63) is 177 Å². The van der Waals surface area contributed by atoms with E-state index in [1.54, 1.807) is 0 Å². The van der Waals surface area contributed by atoms with Gasteiger partial charge in [-0.1, -0.05) is 0 Å². The van der Waals surface area contributed by atoms with Gasteiger partial charge in [0.05, 0.1) is 55.6 Å². The summed E-state index contributed by atoms with van der Waals surface area (Å²) in [5.41, 5.74) is 0.833. The molecule has 324 valence electrons. The molecule has 0 heterocycles. The van der Waals surface area contributed by atoms with Gasteiger partial charge in [-0.25, -0.2) is 47.9 Å². The van der Waals surface area contributed by atoms with Crippen LogP contribution in [0.3, 0.4) is 0 Å². The summed E-state index contributed by atoms with van der Waals surface area (Å²) in [4.78, 5) is 103. The van der Waals surface area contributed by atoms with Crippen molar-refractivity contribution in [3.63, 3.8) is 0 Å². The Morgan fingerprint density at radius 3 is 0.286 bits per heavy atom. The summed E-state index contributed by atoms with van der Waals surface area (Å²) in [6.07, 6.45) is 0. The molecular weight excluding hydrogens is 1130 g/mol. The third kappa shape index (κ3) is 23.4. The molecule has 0 saturated carbocycles. The summed E-state index contributed by atoms with van der Waals surface area (Å²) in [6.45, 7) is 0. The molecule has 0 aliphatic heterocycles. The van der Waals surface area contributed by atoms with Crippen LogP contribution >= 0.6 is 0 Å². The monoisotopic (exact) mass is 1160 g/mol. The fourth-order valence-electron chi connectivity index (χ4n) is 3.78. The molecule has 5 aromatic rings. The Morgan fingerprint density at radius 2 is 0.254 bits per heavy atom. The van der Waals surface area contributed by atoms with E-state index >= 15 is 0 Å². The maximum Gasteiger partial charge on any atom is 0.335 e. The molecule has 10 N–H and O–H groups in total. The van der Waals surface area contributed by atoms with E-state index < -0.39 is 59.7 Å². The maximum absolute atomic E-state index is 10.3. The fraction of sp³-hybridized carbons (Fsp3) is 0. The maximum atomic E-state index is 10.3. The molecule has 0 aliphatic rings. The molecule has 0 fully saturated rings. The second kappa shape index (κ2) is 31.2. The van der Waals surface area contributed by atoms with Crippen LogP contribution in [-0.2, 0) is 58.9 Å². The van der Waals surface area contributed by atoms with Crippen LogP contribution in [0, 0.1) is 49.4 Å². The van der Waals surface area contributed by atoms with Gasteiger partial charge in [-0.3, -0.25) is 0 Å². The minimum Gasteiger partial charge on any atom is -0.478 e. The van der Waals surface area contributed by atoms with Crippen LogP contribution in [0.2, 0.25) is 0 Å². The molecule has 0 aromatic heterocycles. The molecule has 20 nitrogen and oxygen atoms in total. The SMILES string of the molecule is O=C(O)c1ccc(C(=O)O)cc1.O=C(O)c1ccc(C(=O)O)cc1.O=C(O)c1ccc(C(=O)O)cc1.O=C(O)c1ccc(C(=O)O)cc1.O=C(O)c1ccc(C(=O)O)cc1.[Eu].[Y].[Zr]. The Labute approximate surface area is 439 Å². The van der Waals surface area contributed by atoms with Crippen molar-refractivity contribution in [3.8, 4) is 0 Å². The van der Waals surface area contributed by atoms with E-state index in [9.17, 15) is 47.9 Å². The van der Waals surface area contributed by atoms with E-state index in [0.29, 0.717) is 0 Å². The van der Waals surface area contributed by atoms with Gasteiger partial charge in [0.25, 0.3) is 0 Å². The fourth-order valence-corrected chi connectivity index (χ4v) is 3.78. The third-order valence-corrected chi connectivity index (χ3v) is 6.89. The summed E-state index contributed by atoms with van der Waals surface area (Å²) >= 11 is 0. The Kier molecular flexibility index (Phi) is 30.6. The molecule has 0 aliphatic carbocycles. The van der Waals surface area contributed by atoms with Crippen molar-refractivity contribution >= 4 is 59.7 Å². The second-order valence-corrected chi connectivity index (χ2v) is 10.9. The van der Waals surface area contributed by atoms with Crippen molar-refractivity contribution in [2.24, 2.45) is 0 Å². The molecule has 0 spiro atoms. The quantitative estimate of drug-likeness (QED) is 0.0835. The summed E-state index contributed by atoms with van der Waals surface area (Å²) in [6, 6.07) is 25.1.